The quantitative estimate of drug-likeness (QED) is 0.553. The number of fused-ring (bicyclic) bond motifs is 1. The van der Waals surface area contributed by atoms with Crippen molar-refractivity contribution in [2.45, 2.75) is 32.6 Å². The first-order valence-electron chi connectivity index (χ1n) is 9.38. The maximum Gasteiger partial charge on any atom is 0.338 e. The van der Waals surface area contributed by atoms with E-state index in [0.29, 0.717) is 29.8 Å². The fraction of sp³-hybridized carbons (Fsp3) is 0.364. The zero-order valence-electron chi connectivity index (χ0n) is 17.1. The average Bonchev–Trinajstić information content (AvgIpc) is 3.08. The fourth-order valence-electron chi connectivity index (χ4n) is 3.29. The number of rotatable bonds is 5. The van der Waals surface area contributed by atoms with Gasteiger partial charge in [-0.15, -0.1) is 0 Å². The van der Waals surface area contributed by atoms with Gasteiger partial charge in [0.15, 0.2) is 12.4 Å². The number of hydrogen-bond acceptors (Lipinski definition) is 5. The molecule has 0 spiro atoms. The first-order chi connectivity index (χ1) is 13.5. The third kappa shape index (κ3) is 4.67. The zero-order valence-corrected chi connectivity index (χ0v) is 17.9. The van der Waals surface area contributed by atoms with Crippen molar-refractivity contribution in [2.24, 2.45) is 0 Å². The smallest absolute Gasteiger partial charge is 0.338 e. The number of carbonyl (C=O) groups is 2. The monoisotopic (exact) mass is 415 g/mol. The molecule has 2 aromatic carbocycles. The number of esters is 1. The summed E-state index contributed by atoms with van der Waals surface area (Å²) >= 11 is 0. The molecule has 154 valence electrons. The highest BCUT2D eigenvalue weighted by molar-refractivity contribution is 7.92. The van der Waals surface area contributed by atoms with Crippen molar-refractivity contribution >= 4 is 27.5 Å². The van der Waals surface area contributed by atoms with Gasteiger partial charge in [-0.2, -0.15) is 0 Å². The second-order valence-corrected chi connectivity index (χ2v) is 10.2. The van der Waals surface area contributed by atoms with Crippen LogP contribution in [-0.4, -0.2) is 39.6 Å². The SMILES string of the molecule is CC(C)(C)c1ccc(C(=O)OCC(=O)c2ccc3c(c2)CCN3S(C)(=O)=O)cc1. The van der Waals surface area contributed by atoms with E-state index in [-0.39, 0.29) is 17.8 Å². The van der Waals surface area contributed by atoms with Crippen molar-refractivity contribution in [1.82, 2.24) is 0 Å². The van der Waals surface area contributed by atoms with Crippen LogP contribution in [0.5, 0.6) is 0 Å². The number of nitrogens with zero attached hydrogens (tertiary/aromatic N) is 1. The predicted molar refractivity (Wildman–Crippen MR) is 112 cm³/mol. The summed E-state index contributed by atoms with van der Waals surface area (Å²) in [5.41, 5.74) is 3.27. The van der Waals surface area contributed by atoms with E-state index in [9.17, 15) is 18.0 Å². The standard InChI is InChI=1S/C22H25NO5S/c1-22(2,3)18-8-5-15(6-9-18)21(25)28-14-20(24)17-7-10-19-16(13-17)11-12-23(19)29(4,26)27/h5-10,13H,11-12,14H2,1-4H3. The van der Waals surface area contributed by atoms with E-state index in [1.165, 1.54) is 4.31 Å². The highest BCUT2D eigenvalue weighted by Crippen LogP contribution is 2.30. The molecular weight excluding hydrogens is 390 g/mol. The normalized spacial score (nSPS) is 13.9. The maximum atomic E-state index is 12.4. The highest BCUT2D eigenvalue weighted by atomic mass is 32.2. The van der Waals surface area contributed by atoms with Gasteiger partial charge in [0.2, 0.25) is 10.0 Å². The number of sulfonamides is 1. The Hall–Kier alpha value is -2.67. The first-order valence-corrected chi connectivity index (χ1v) is 11.2. The molecular formula is C22H25NO5S. The van der Waals surface area contributed by atoms with E-state index in [1.807, 2.05) is 12.1 Å². The van der Waals surface area contributed by atoms with Crippen LogP contribution in [0.25, 0.3) is 0 Å². The Kier molecular flexibility index (Phi) is 5.54. The molecule has 0 atom stereocenters. The molecule has 0 unspecified atom stereocenters. The molecule has 1 heterocycles. The van der Waals surface area contributed by atoms with Crippen LogP contribution < -0.4 is 4.31 Å². The summed E-state index contributed by atoms with van der Waals surface area (Å²) in [7, 11) is -3.33. The van der Waals surface area contributed by atoms with Crippen LogP contribution in [0.15, 0.2) is 42.5 Å². The van der Waals surface area contributed by atoms with Crippen LogP contribution in [-0.2, 0) is 26.6 Å². The molecule has 0 amide bonds. The van der Waals surface area contributed by atoms with Gasteiger partial charge in [-0.25, -0.2) is 13.2 Å². The van der Waals surface area contributed by atoms with Gasteiger partial charge in [0.1, 0.15) is 0 Å². The molecule has 0 N–H and O–H groups in total. The van der Waals surface area contributed by atoms with E-state index in [4.69, 9.17) is 4.74 Å². The molecule has 0 saturated heterocycles. The Morgan fingerprint density at radius 2 is 1.66 bits per heavy atom. The molecule has 1 aliphatic heterocycles. The van der Waals surface area contributed by atoms with Gasteiger partial charge >= 0.3 is 5.97 Å². The van der Waals surface area contributed by atoms with Crippen molar-refractivity contribution in [3.05, 3.63) is 64.7 Å². The number of benzene rings is 2. The van der Waals surface area contributed by atoms with Gasteiger partial charge in [0, 0.05) is 12.1 Å². The number of ketones is 1. The number of anilines is 1. The Labute approximate surface area is 171 Å². The third-order valence-corrected chi connectivity index (χ3v) is 6.16. The second kappa shape index (κ2) is 7.63. The van der Waals surface area contributed by atoms with Gasteiger partial charge in [-0.05, 0) is 53.3 Å². The van der Waals surface area contributed by atoms with E-state index < -0.39 is 16.0 Å². The van der Waals surface area contributed by atoms with Crippen LogP contribution in [0.3, 0.4) is 0 Å². The summed E-state index contributed by atoms with van der Waals surface area (Å²) < 4.78 is 30.1. The van der Waals surface area contributed by atoms with Crippen molar-refractivity contribution in [3.8, 4) is 0 Å². The molecule has 3 rings (SSSR count). The lowest BCUT2D eigenvalue weighted by Gasteiger charge is -2.18. The zero-order chi connectivity index (χ0) is 21.4. The third-order valence-electron chi connectivity index (χ3n) is 4.98. The molecule has 0 aliphatic carbocycles. The Bertz CT molecular complexity index is 1050. The fourth-order valence-corrected chi connectivity index (χ4v) is 4.25. The highest BCUT2D eigenvalue weighted by Gasteiger charge is 2.27. The number of Topliss-reactive ketones (excluding diaryl/α,β-unsaturated/α-hetero) is 1. The van der Waals surface area contributed by atoms with Gasteiger partial charge in [0.05, 0.1) is 17.5 Å². The Balaban J connectivity index is 1.65. The molecule has 2 aromatic rings. The Morgan fingerprint density at radius 1 is 1.03 bits per heavy atom. The van der Waals surface area contributed by atoms with Crippen molar-refractivity contribution < 1.29 is 22.7 Å². The topological polar surface area (TPSA) is 80.8 Å². The van der Waals surface area contributed by atoms with Crippen molar-refractivity contribution in [1.29, 1.82) is 0 Å². The van der Waals surface area contributed by atoms with Crippen LogP contribution in [0.2, 0.25) is 0 Å². The minimum Gasteiger partial charge on any atom is -0.454 e. The van der Waals surface area contributed by atoms with Gasteiger partial charge < -0.3 is 4.74 Å². The molecule has 1 aliphatic rings. The largest absolute Gasteiger partial charge is 0.454 e. The second-order valence-electron chi connectivity index (χ2n) is 8.26. The molecule has 0 fully saturated rings. The van der Waals surface area contributed by atoms with Gasteiger partial charge in [-0.1, -0.05) is 32.9 Å². The molecule has 0 radical (unpaired) electrons. The summed E-state index contributed by atoms with van der Waals surface area (Å²) in [5, 5.41) is 0. The van der Waals surface area contributed by atoms with Crippen molar-refractivity contribution in [2.75, 3.05) is 23.7 Å². The lowest BCUT2D eigenvalue weighted by Crippen LogP contribution is -2.27. The summed E-state index contributed by atoms with van der Waals surface area (Å²) in [6.07, 6.45) is 1.71. The lowest BCUT2D eigenvalue weighted by atomic mass is 9.87. The molecule has 0 saturated carbocycles. The molecule has 0 bridgehead atoms. The van der Waals surface area contributed by atoms with Gasteiger partial charge in [-0.3, -0.25) is 9.10 Å². The number of hydrogen-bond donors (Lipinski definition) is 0. The van der Waals surface area contributed by atoms with Gasteiger partial charge in [0.25, 0.3) is 0 Å². The number of ether oxygens (including phenoxy) is 1. The molecule has 0 aromatic heterocycles. The summed E-state index contributed by atoms with van der Waals surface area (Å²) in [6, 6.07) is 12.0. The summed E-state index contributed by atoms with van der Waals surface area (Å²) in [4.78, 5) is 24.7. The maximum absolute atomic E-state index is 12.4. The van der Waals surface area contributed by atoms with E-state index in [2.05, 4.69) is 20.8 Å². The minimum absolute atomic E-state index is 0.0152. The summed E-state index contributed by atoms with van der Waals surface area (Å²) in [5.74, 6) is -0.881. The van der Waals surface area contributed by atoms with E-state index >= 15 is 0 Å². The van der Waals surface area contributed by atoms with Crippen LogP contribution >= 0.6 is 0 Å². The Morgan fingerprint density at radius 3 is 2.24 bits per heavy atom. The van der Waals surface area contributed by atoms with Crippen LogP contribution in [0.4, 0.5) is 5.69 Å². The van der Waals surface area contributed by atoms with Crippen molar-refractivity contribution in [3.63, 3.8) is 0 Å². The molecule has 29 heavy (non-hydrogen) atoms. The molecule has 7 heteroatoms. The van der Waals surface area contributed by atoms with E-state index in [0.717, 1.165) is 17.4 Å². The minimum atomic E-state index is -3.33. The molecule has 6 nitrogen and oxygen atoms in total. The lowest BCUT2D eigenvalue weighted by molar-refractivity contribution is 0.0474. The van der Waals surface area contributed by atoms with E-state index in [1.54, 1.807) is 30.3 Å². The van der Waals surface area contributed by atoms with Crippen LogP contribution in [0, 0.1) is 0 Å². The first kappa shape index (κ1) is 21.0. The predicted octanol–water partition coefficient (Wildman–Crippen LogP) is 3.35. The average molecular weight is 416 g/mol. The number of carbonyl (C=O) groups excluding carboxylic acids is 2. The van der Waals surface area contributed by atoms with Crippen LogP contribution in [0.1, 0.15) is 52.6 Å². The summed E-state index contributed by atoms with van der Waals surface area (Å²) in [6.45, 7) is 6.26.